The van der Waals surface area contributed by atoms with Crippen molar-refractivity contribution in [1.82, 2.24) is 9.55 Å². The molecule has 0 saturated carbocycles. The maximum absolute atomic E-state index is 6.09. The number of alkyl halides is 1. The number of halogens is 2. The molecule has 0 aliphatic heterocycles. The lowest BCUT2D eigenvalue weighted by molar-refractivity contribution is 0.119. The van der Waals surface area contributed by atoms with E-state index in [-0.39, 0.29) is 6.04 Å². The quantitative estimate of drug-likeness (QED) is 0.752. The summed E-state index contributed by atoms with van der Waals surface area (Å²) in [6.07, 6.45) is 0.740. The van der Waals surface area contributed by atoms with Crippen LogP contribution in [0.15, 0.2) is 18.2 Å². The molecule has 0 aliphatic carbocycles. The van der Waals surface area contributed by atoms with E-state index < -0.39 is 0 Å². The summed E-state index contributed by atoms with van der Waals surface area (Å²) in [4.78, 5) is 4.64. The van der Waals surface area contributed by atoms with Gasteiger partial charge in [-0.2, -0.15) is 0 Å². The highest BCUT2D eigenvalue weighted by molar-refractivity contribution is 6.31. The number of aromatic nitrogens is 2. The van der Waals surface area contributed by atoms with E-state index in [1.165, 1.54) is 0 Å². The molecule has 5 heteroatoms. The van der Waals surface area contributed by atoms with Crippen LogP contribution in [0.3, 0.4) is 0 Å². The van der Waals surface area contributed by atoms with Crippen LogP contribution in [0.2, 0.25) is 5.02 Å². The summed E-state index contributed by atoms with van der Waals surface area (Å²) in [6.45, 7) is 5.48. The minimum absolute atomic E-state index is 0.210. The fraction of sp³-hybridized carbons (Fsp3) is 0.500. The summed E-state index contributed by atoms with van der Waals surface area (Å²) in [7, 11) is 0. The normalized spacial score (nSPS) is 13.1. The first-order valence-electron chi connectivity index (χ1n) is 6.47. The molecule has 1 unspecified atom stereocenters. The van der Waals surface area contributed by atoms with Crippen LogP contribution in [0.4, 0.5) is 0 Å². The zero-order valence-corrected chi connectivity index (χ0v) is 12.7. The van der Waals surface area contributed by atoms with Gasteiger partial charge in [-0.05, 0) is 32.0 Å². The van der Waals surface area contributed by atoms with Crippen molar-refractivity contribution >= 4 is 34.2 Å². The predicted octanol–water partition coefficient (Wildman–Crippen LogP) is 4.07. The molecule has 0 amide bonds. The molecule has 2 rings (SSSR count). The number of hydrogen-bond acceptors (Lipinski definition) is 2. The monoisotopic (exact) mass is 300 g/mol. The smallest absolute Gasteiger partial charge is 0.111 e. The van der Waals surface area contributed by atoms with E-state index in [1.807, 2.05) is 25.1 Å². The second-order valence-corrected chi connectivity index (χ2v) is 5.29. The first-order chi connectivity index (χ1) is 9.17. The van der Waals surface area contributed by atoms with Crippen LogP contribution < -0.4 is 0 Å². The molecule has 1 atom stereocenters. The Morgan fingerprint density at radius 1 is 1.42 bits per heavy atom. The van der Waals surface area contributed by atoms with Gasteiger partial charge >= 0.3 is 0 Å². The third-order valence-electron chi connectivity index (χ3n) is 3.05. The Bertz CT molecular complexity index is 554. The summed E-state index contributed by atoms with van der Waals surface area (Å²) >= 11 is 12.0. The molecule has 0 N–H and O–H groups in total. The van der Waals surface area contributed by atoms with Crippen molar-refractivity contribution in [3.05, 3.63) is 29.0 Å². The Kier molecular flexibility index (Phi) is 5.08. The van der Waals surface area contributed by atoms with Crippen molar-refractivity contribution < 1.29 is 4.74 Å². The third-order valence-corrected chi connectivity index (χ3v) is 3.47. The SMILES string of the molecule is CCOCC(C)n1c(CCCl)nc2ccc(Cl)cc21. The fourth-order valence-corrected chi connectivity index (χ4v) is 2.57. The van der Waals surface area contributed by atoms with Crippen LogP contribution >= 0.6 is 23.2 Å². The molecular weight excluding hydrogens is 283 g/mol. The Balaban J connectivity index is 2.46. The number of imidazole rings is 1. The van der Waals surface area contributed by atoms with E-state index in [0.29, 0.717) is 19.1 Å². The minimum atomic E-state index is 0.210. The molecule has 19 heavy (non-hydrogen) atoms. The molecule has 1 aromatic carbocycles. The van der Waals surface area contributed by atoms with Crippen molar-refractivity contribution in [2.45, 2.75) is 26.3 Å². The number of aryl methyl sites for hydroxylation is 1. The van der Waals surface area contributed by atoms with Crippen molar-refractivity contribution in [2.75, 3.05) is 19.1 Å². The molecule has 0 saturated heterocycles. The van der Waals surface area contributed by atoms with Crippen molar-refractivity contribution in [1.29, 1.82) is 0 Å². The Morgan fingerprint density at radius 2 is 2.21 bits per heavy atom. The molecular formula is C14H18Cl2N2O. The Hall–Kier alpha value is -0.770. The van der Waals surface area contributed by atoms with Gasteiger partial charge in [-0.3, -0.25) is 0 Å². The molecule has 0 radical (unpaired) electrons. The van der Waals surface area contributed by atoms with Crippen LogP contribution in [0.5, 0.6) is 0 Å². The Labute approximate surface area is 123 Å². The molecule has 0 aliphatic rings. The second kappa shape index (κ2) is 6.60. The highest BCUT2D eigenvalue weighted by atomic mass is 35.5. The summed E-state index contributed by atoms with van der Waals surface area (Å²) in [5.41, 5.74) is 1.99. The van der Waals surface area contributed by atoms with E-state index in [9.17, 15) is 0 Å². The predicted molar refractivity (Wildman–Crippen MR) is 80.4 cm³/mol. The van der Waals surface area contributed by atoms with Gasteiger partial charge in [-0.25, -0.2) is 4.98 Å². The maximum atomic E-state index is 6.09. The van der Waals surface area contributed by atoms with Gasteiger partial charge in [0, 0.05) is 23.9 Å². The zero-order valence-electron chi connectivity index (χ0n) is 11.2. The van der Waals surface area contributed by atoms with Crippen LogP contribution in [0.25, 0.3) is 11.0 Å². The minimum Gasteiger partial charge on any atom is -0.380 e. The first-order valence-corrected chi connectivity index (χ1v) is 7.38. The molecule has 3 nitrogen and oxygen atoms in total. The van der Waals surface area contributed by atoms with Gasteiger partial charge in [0.1, 0.15) is 5.82 Å². The molecule has 1 aromatic heterocycles. The van der Waals surface area contributed by atoms with Gasteiger partial charge in [-0.1, -0.05) is 11.6 Å². The molecule has 2 aromatic rings. The molecule has 0 fully saturated rings. The zero-order chi connectivity index (χ0) is 13.8. The lowest BCUT2D eigenvalue weighted by Gasteiger charge is -2.17. The number of benzene rings is 1. The van der Waals surface area contributed by atoms with Gasteiger partial charge in [-0.15, -0.1) is 11.6 Å². The fourth-order valence-electron chi connectivity index (χ4n) is 2.23. The van der Waals surface area contributed by atoms with Crippen LogP contribution in [-0.4, -0.2) is 28.6 Å². The van der Waals surface area contributed by atoms with E-state index in [1.54, 1.807) is 0 Å². The van der Waals surface area contributed by atoms with Gasteiger partial charge in [0.05, 0.1) is 23.7 Å². The van der Waals surface area contributed by atoms with E-state index in [0.717, 1.165) is 28.3 Å². The van der Waals surface area contributed by atoms with E-state index in [4.69, 9.17) is 27.9 Å². The first kappa shape index (κ1) is 14.6. The van der Waals surface area contributed by atoms with Crippen LogP contribution in [0.1, 0.15) is 25.7 Å². The average Bonchev–Trinajstić information content (AvgIpc) is 2.73. The van der Waals surface area contributed by atoms with Crippen LogP contribution in [-0.2, 0) is 11.2 Å². The summed E-state index contributed by atoms with van der Waals surface area (Å²) in [6, 6.07) is 5.96. The van der Waals surface area contributed by atoms with Crippen molar-refractivity contribution in [3.8, 4) is 0 Å². The number of ether oxygens (including phenoxy) is 1. The summed E-state index contributed by atoms with van der Waals surface area (Å²) < 4.78 is 7.70. The maximum Gasteiger partial charge on any atom is 0.111 e. The topological polar surface area (TPSA) is 27.1 Å². The van der Waals surface area contributed by atoms with Gasteiger partial charge in [0.2, 0.25) is 0 Å². The molecule has 0 bridgehead atoms. The number of fused-ring (bicyclic) bond motifs is 1. The lowest BCUT2D eigenvalue weighted by atomic mass is 10.2. The summed E-state index contributed by atoms with van der Waals surface area (Å²) in [5.74, 6) is 1.54. The Morgan fingerprint density at radius 3 is 2.89 bits per heavy atom. The number of nitrogens with zero attached hydrogens (tertiary/aromatic N) is 2. The lowest BCUT2D eigenvalue weighted by Crippen LogP contribution is -2.15. The number of rotatable bonds is 6. The average molecular weight is 301 g/mol. The van der Waals surface area contributed by atoms with Crippen LogP contribution in [0, 0.1) is 0 Å². The van der Waals surface area contributed by atoms with Gasteiger partial charge in [0.25, 0.3) is 0 Å². The summed E-state index contributed by atoms with van der Waals surface area (Å²) in [5, 5.41) is 0.717. The van der Waals surface area contributed by atoms with Crippen molar-refractivity contribution in [2.24, 2.45) is 0 Å². The molecule has 0 spiro atoms. The second-order valence-electron chi connectivity index (χ2n) is 4.48. The molecule has 104 valence electrons. The third kappa shape index (κ3) is 3.22. The van der Waals surface area contributed by atoms with Gasteiger partial charge < -0.3 is 9.30 Å². The van der Waals surface area contributed by atoms with Gasteiger partial charge in [0.15, 0.2) is 0 Å². The van der Waals surface area contributed by atoms with Crippen molar-refractivity contribution in [3.63, 3.8) is 0 Å². The highest BCUT2D eigenvalue weighted by Crippen LogP contribution is 2.25. The molecule has 1 heterocycles. The standard InChI is InChI=1S/C14H18Cl2N2O/c1-3-19-9-10(2)18-13-8-11(16)4-5-12(13)17-14(18)6-7-15/h4-5,8,10H,3,6-7,9H2,1-2H3. The van der Waals surface area contributed by atoms with E-state index in [2.05, 4.69) is 16.5 Å². The van der Waals surface area contributed by atoms with E-state index >= 15 is 0 Å². The highest BCUT2D eigenvalue weighted by Gasteiger charge is 2.15. The largest absolute Gasteiger partial charge is 0.380 e. The number of hydrogen-bond donors (Lipinski definition) is 0.